The van der Waals surface area contributed by atoms with E-state index in [0.29, 0.717) is 11.9 Å². The number of rotatable bonds is 3. The van der Waals surface area contributed by atoms with Crippen LogP contribution in [0.15, 0.2) is 48.5 Å². The van der Waals surface area contributed by atoms with E-state index in [1.807, 2.05) is 18.2 Å². The molecule has 2 aromatic carbocycles. The number of piperidine rings is 1. The zero-order valence-corrected chi connectivity index (χ0v) is 13.7. The van der Waals surface area contributed by atoms with Crippen LogP contribution in [0.4, 0.5) is 11.5 Å². The third kappa shape index (κ3) is 2.83. The number of benzene rings is 2. The number of nitrogens with two attached hydrogens (primary N) is 2. The maximum atomic E-state index is 6.11. The van der Waals surface area contributed by atoms with Gasteiger partial charge in [0.15, 0.2) is 5.82 Å². The lowest BCUT2D eigenvalue weighted by Crippen LogP contribution is -2.36. The van der Waals surface area contributed by atoms with Crippen LogP contribution in [0.3, 0.4) is 0 Å². The fourth-order valence-corrected chi connectivity index (χ4v) is 3.68. The number of fused-ring (bicyclic) bond motifs is 1. The molecule has 3 aromatic rings. The minimum Gasteiger partial charge on any atom is -0.399 e. The van der Waals surface area contributed by atoms with E-state index >= 15 is 0 Å². The van der Waals surface area contributed by atoms with Gasteiger partial charge in [0.25, 0.3) is 0 Å². The third-order valence-corrected chi connectivity index (χ3v) is 4.83. The van der Waals surface area contributed by atoms with Crippen LogP contribution in [-0.2, 0) is 6.54 Å². The summed E-state index contributed by atoms with van der Waals surface area (Å²) in [6, 6.07) is 16.9. The normalized spacial score (nSPS) is 18.9. The van der Waals surface area contributed by atoms with E-state index < -0.39 is 0 Å². The van der Waals surface area contributed by atoms with Gasteiger partial charge in [-0.25, -0.2) is 0 Å². The highest BCUT2D eigenvalue weighted by molar-refractivity contribution is 5.91. The van der Waals surface area contributed by atoms with Gasteiger partial charge in [0.1, 0.15) is 0 Å². The first-order chi connectivity index (χ1) is 11.7. The molecule has 4 N–H and O–H groups in total. The molecule has 124 valence electrons. The Kier molecular flexibility index (Phi) is 3.86. The van der Waals surface area contributed by atoms with E-state index in [1.165, 1.54) is 12.0 Å². The highest BCUT2D eigenvalue weighted by Crippen LogP contribution is 2.30. The van der Waals surface area contributed by atoms with Gasteiger partial charge in [-0.3, -0.25) is 9.58 Å². The zero-order valence-electron chi connectivity index (χ0n) is 13.7. The van der Waals surface area contributed by atoms with Crippen molar-refractivity contribution < 1.29 is 0 Å². The van der Waals surface area contributed by atoms with Crippen molar-refractivity contribution in [1.29, 1.82) is 0 Å². The first-order valence-electron chi connectivity index (χ1n) is 8.50. The second-order valence-electron chi connectivity index (χ2n) is 6.62. The number of aromatic nitrogens is 2. The molecular weight excluding hydrogens is 298 g/mol. The Morgan fingerprint density at radius 3 is 2.75 bits per heavy atom. The molecule has 1 atom stereocenters. The van der Waals surface area contributed by atoms with Crippen molar-refractivity contribution in [3.05, 3.63) is 54.1 Å². The Bertz CT molecular complexity index is 840. The van der Waals surface area contributed by atoms with Crippen molar-refractivity contribution in [2.45, 2.75) is 25.4 Å². The molecule has 24 heavy (non-hydrogen) atoms. The summed E-state index contributed by atoms with van der Waals surface area (Å²) in [6.07, 6.45) is 2.31. The molecule has 0 aliphatic carbocycles. The molecule has 0 spiro atoms. The van der Waals surface area contributed by atoms with Crippen molar-refractivity contribution in [1.82, 2.24) is 14.7 Å². The maximum absolute atomic E-state index is 6.11. The Labute approximate surface area is 141 Å². The van der Waals surface area contributed by atoms with Crippen LogP contribution in [0.1, 0.15) is 24.4 Å². The molecule has 1 aliphatic rings. The van der Waals surface area contributed by atoms with Gasteiger partial charge in [0, 0.05) is 24.2 Å². The molecule has 0 radical (unpaired) electrons. The minimum absolute atomic E-state index is 0.353. The van der Waals surface area contributed by atoms with Gasteiger partial charge < -0.3 is 11.5 Å². The van der Waals surface area contributed by atoms with Crippen molar-refractivity contribution in [3.63, 3.8) is 0 Å². The number of nitrogen functional groups attached to an aromatic ring is 2. The monoisotopic (exact) mass is 321 g/mol. The van der Waals surface area contributed by atoms with Crippen LogP contribution in [0.25, 0.3) is 10.9 Å². The smallest absolute Gasteiger partial charge is 0.153 e. The maximum Gasteiger partial charge on any atom is 0.153 e. The van der Waals surface area contributed by atoms with E-state index in [9.17, 15) is 0 Å². The van der Waals surface area contributed by atoms with Crippen molar-refractivity contribution >= 4 is 22.4 Å². The molecule has 4 rings (SSSR count). The quantitative estimate of drug-likeness (QED) is 0.727. The van der Waals surface area contributed by atoms with Gasteiger partial charge in [-0.15, -0.1) is 0 Å². The van der Waals surface area contributed by atoms with Gasteiger partial charge in [0.05, 0.1) is 11.6 Å². The van der Waals surface area contributed by atoms with Gasteiger partial charge in [0.2, 0.25) is 0 Å². The molecule has 0 bridgehead atoms. The Balaban J connectivity index is 1.58. The zero-order chi connectivity index (χ0) is 16.5. The van der Waals surface area contributed by atoms with Crippen molar-refractivity contribution in [2.24, 2.45) is 0 Å². The summed E-state index contributed by atoms with van der Waals surface area (Å²) in [5.74, 6) is 0.567. The molecule has 0 amide bonds. The molecule has 5 heteroatoms. The molecule has 0 saturated carbocycles. The summed E-state index contributed by atoms with van der Waals surface area (Å²) in [7, 11) is 0. The van der Waals surface area contributed by atoms with E-state index in [-0.39, 0.29) is 0 Å². The lowest BCUT2D eigenvalue weighted by Gasteiger charge is -2.33. The lowest BCUT2D eigenvalue weighted by atomic mass is 10.0. The SMILES string of the molecule is Nc1ccc2c(c1)c(N)nn2C1CCCN(Cc2ccccc2)C1. The number of nitrogens with zero attached hydrogens (tertiary/aromatic N) is 3. The highest BCUT2D eigenvalue weighted by atomic mass is 15.3. The summed E-state index contributed by atoms with van der Waals surface area (Å²) in [5.41, 5.74) is 15.2. The fraction of sp³-hybridized carbons (Fsp3) is 0.316. The van der Waals surface area contributed by atoms with Gasteiger partial charge in [-0.2, -0.15) is 5.10 Å². The van der Waals surface area contributed by atoms with E-state index in [1.54, 1.807) is 0 Å². The number of hydrogen-bond acceptors (Lipinski definition) is 4. The lowest BCUT2D eigenvalue weighted by molar-refractivity contribution is 0.166. The molecule has 1 saturated heterocycles. The highest BCUT2D eigenvalue weighted by Gasteiger charge is 2.24. The van der Waals surface area contributed by atoms with Crippen LogP contribution in [0.5, 0.6) is 0 Å². The van der Waals surface area contributed by atoms with E-state index in [4.69, 9.17) is 11.5 Å². The van der Waals surface area contributed by atoms with Crippen LogP contribution in [0.2, 0.25) is 0 Å². The predicted molar refractivity (Wildman–Crippen MR) is 98.5 cm³/mol. The summed E-state index contributed by atoms with van der Waals surface area (Å²) in [5, 5.41) is 5.56. The Hall–Kier alpha value is -2.53. The summed E-state index contributed by atoms with van der Waals surface area (Å²) >= 11 is 0. The molecule has 2 heterocycles. The summed E-state index contributed by atoms with van der Waals surface area (Å²) < 4.78 is 2.10. The van der Waals surface area contributed by atoms with Crippen molar-refractivity contribution in [3.8, 4) is 0 Å². The molecule has 1 fully saturated rings. The van der Waals surface area contributed by atoms with Gasteiger partial charge >= 0.3 is 0 Å². The van der Waals surface area contributed by atoms with Crippen molar-refractivity contribution in [2.75, 3.05) is 24.6 Å². The van der Waals surface area contributed by atoms with Crippen LogP contribution < -0.4 is 11.5 Å². The Morgan fingerprint density at radius 2 is 1.92 bits per heavy atom. The predicted octanol–water partition coefficient (Wildman–Crippen LogP) is 3.04. The van der Waals surface area contributed by atoms with E-state index in [0.717, 1.165) is 42.6 Å². The fourth-order valence-electron chi connectivity index (χ4n) is 3.68. The van der Waals surface area contributed by atoms with Gasteiger partial charge in [-0.1, -0.05) is 30.3 Å². The summed E-state index contributed by atoms with van der Waals surface area (Å²) in [6.45, 7) is 3.11. The van der Waals surface area contributed by atoms with Gasteiger partial charge in [-0.05, 0) is 43.1 Å². The average molecular weight is 321 g/mol. The summed E-state index contributed by atoms with van der Waals surface area (Å²) in [4.78, 5) is 2.50. The molecular formula is C19H23N5. The molecule has 1 unspecified atom stereocenters. The number of hydrogen-bond donors (Lipinski definition) is 2. The number of likely N-dealkylation sites (tertiary alicyclic amines) is 1. The van der Waals surface area contributed by atoms with Crippen LogP contribution >= 0.6 is 0 Å². The average Bonchev–Trinajstić information content (AvgIpc) is 2.92. The second kappa shape index (κ2) is 6.17. The van der Waals surface area contributed by atoms with Crippen LogP contribution in [-0.4, -0.2) is 27.8 Å². The van der Waals surface area contributed by atoms with E-state index in [2.05, 4.69) is 45.0 Å². The topological polar surface area (TPSA) is 73.1 Å². The number of anilines is 2. The molecule has 1 aromatic heterocycles. The standard InChI is InChI=1S/C19H23N5/c20-15-8-9-18-17(11-15)19(21)22-24(18)16-7-4-10-23(13-16)12-14-5-2-1-3-6-14/h1-3,5-6,8-9,11,16H,4,7,10,12-13,20H2,(H2,21,22). The molecule has 5 nitrogen and oxygen atoms in total. The molecule has 1 aliphatic heterocycles. The first-order valence-corrected chi connectivity index (χ1v) is 8.50. The largest absolute Gasteiger partial charge is 0.399 e. The third-order valence-electron chi connectivity index (χ3n) is 4.83. The van der Waals surface area contributed by atoms with Crippen LogP contribution in [0, 0.1) is 0 Å². The second-order valence-corrected chi connectivity index (χ2v) is 6.62. The minimum atomic E-state index is 0.353. The Morgan fingerprint density at radius 1 is 1.08 bits per heavy atom. The first kappa shape index (κ1) is 15.0.